The van der Waals surface area contributed by atoms with E-state index in [0.717, 1.165) is 0 Å². The Bertz CT molecular complexity index is 2600. The topological polar surface area (TPSA) is 215 Å². The molecule has 14 nitrogen and oxygen atoms in total. The third-order valence-corrected chi connectivity index (χ3v) is 14.1. The van der Waals surface area contributed by atoms with E-state index >= 15 is 0 Å². The van der Waals surface area contributed by atoms with Crippen molar-refractivity contribution in [2.75, 3.05) is 26.3 Å². The number of aromatic nitrogens is 2. The number of aliphatic hydroxyl groups excluding tert-OH is 4. The molecule has 1 aromatic rings. The molecule has 0 radical (unpaired) electrons. The molecule has 552 valence electrons. The third-order valence-electron chi connectivity index (χ3n) is 14.1. The molecule has 0 saturated carbocycles. The summed E-state index contributed by atoms with van der Waals surface area (Å²) in [6.07, 6.45) is -30.8. The molecule has 1 saturated heterocycles. The first kappa shape index (κ1) is 85.2. The van der Waals surface area contributed by atoms with Gasteiger partial charge in [0.15, 0.2) is 6.29 Å². The summed E-state index contributed by atoms with van der Waals surface area (Å²) in [5.41, 5.74) is -0.481. The smallest absolute Gasteiger partial charge is 0.394 e. The van der Waals surface area contributed by atoms with Crippen LogP contribution in [-0.4, -0.2) is 206 Å². The van der Waals surface area contributed by atoms with Gasteiger partial charge in [-0.3, -0.25) is 14.4 Å². The molecule has 6 atom stereocenters. The Morgan fingerprint density at radius 2 is 0.862 bits per heavy atom. The highest BCUT2D eigenvalue weighted by Gasteiger charge is 2.96. The van der Waals surface area contributed by atoms with Gasteiger partial charge in [-0.25, -0.2) is 4.98 Å². The number of hydrogen-bond donors (Lipinski definition) is 8. The molecule has 0 aromatic carbocycles. The third kappa shape index (κ3) is 16.6. The Labute approximate surface area is 505 Å². The van der Waals surface area contributed by atoms with Crippen molar-refractivity contribution in [2.45, 2.75) is 228 Å². The first-order valence-electron chi connectivity index (χ1n) is 26.6. The van der Waals surface area contributed by atoms with E-state index in [0.29, 0.717) is 25.4 Å². The average Bonchev–Trinajstić information content (AvgIpc) is 0.740. The lowest BCUT2D eigenvalue weighted by atomic mass is 9.86. The Balaban J connectivity index is 2.06. The number of carbonyl (C=O) groups excluding carboxylic acids is 3. The van der Waals surface area contributed by atoms with E-state index in [4.69, 9.17) is 9.47 Å². The molecule has 0 bridgehead atoms. The number of amides is 3. The van der Waals surface area contributed by atoms with Crippen LogP contribution in [0.1, 0.15) is 95.6 Å². The Kier molecular flexibility index (Phi) is 27.2. The summed E-state index contributed by atoms with van der Waals surface area (Å²) in [5.74, 6) is -129. The summed E-state index contributed by atoms with van der Waals surface area (Å²) < 4.78 is 476. The number of halogens is 33. The van der Waals surface area contributed by atoms with Crippen molar-refractivity contribution >= 4 is 17.7 Å². The molecule has 0 spiro atoms. The summed E-state index contributed by atoms with van der Waals surface area (Å²) in [6.45, 7) is -2.97. The number of H-pyrrole nitrogens is 1. The van der Waals surface area contributed by atoms with Crippen molar-refractivity contribution in [3.8, 4) is 0 Å². The van der Waals surface area contributed by atoms with Gasteiger partial charge in [0.2, 0.25) is 17.7 Å². The number of nitrogens with one attached hydrogen (secondary N) is 4. The first-order valence-corrected chi connectivity index (χ1v) is 26.6. The minimum absolute atomic E-state index is 0.0456. The second-order valence-corrected chi connectivity index (χ2v) is 21.0. The second kappa shape index (κ2) is 30.0. The zero-order chi connectivity index (χ0) is 73.6. The standard InChI is InChI=1S/C47H54F33N5O9/c48-32(49,12-8-6-4-2-1-3-5-7-10-25(87)82-16-17-93-31-29(91)28(90)27(89)24(20-86)94-31)35(54,55)38(60,61)41(66,67)42(68,69)39(62,63)36(56,57)33(50,51)13-9-15-83-30(92)23(18-22-19-81-21-84-22)85-26(88)11-14-34(52,53)37(58,59)40(64,65)43(70,71)44(72,73)45(74,75)46(76,77)47(78,79)80/h19,21,23-24,27-29,31,86,89-91H,1-18,20H2,(H,81,84)(H,82,87)(H,83,92)(H,85,88)/t23-,24+,27-,28-,29+,31+/m0/s1. The molecule has 1 fully saturated rings. The van der Waals surface area contributed by atoms with Crippen molar-refractivity contribution in [1.29, 1.82) is 0 Å². The van der Waals surface area contributed by atoms with Crippen LogP contribution in [0.25, 0.3) is 0 Å². The molecule has 47 heteroatoms. The van der Waals surface area contributed by atoms with Gasteiger partial charge in [-0.05, 0) is 19.3 Å². The Hall–Kier alpha value is -4.93. The van der Waals surface area contributed by atoms with Crippen molar-refractivity contribution in [3.63, 3.8) is 0 Å². The van der Waals surface area contributed by atoms with Gasteiger partial charge in [-0.1, -0.05) is 38.5 Å². The molecule has 0 aliphatic carbocycles. The molecular weight excluding hydrogens is 1410 g/mol. The monoisotopic (exact) mass is 1460 g/mol. The fraction of sp³-hybridized carbons (Fsp3) is 0.872. The Morgan fingerprint density at radius 3 is 1.28 bits per heavy atom. The van der Waals surface area contributed by atoms with Gasteiger partial charge in [0, 0.05) is 63.5 Å². The Morgan fingerprint density at radius 1 is 0.468 bits per heavy atom. The van der Waals surface area contributed by atoms with Gasteiger partial charge in [-0.15, -0.1) is 0 Å². The lowest BCUT2D eigenvalue weighted by molar-refractivity contribution is -0.461. The van der Waals surface area contributed by atoms with Gasteiger partial charge in [0.25, 0.3) is 0 Å². The predicted octanol–water partition coefficient (Wildman–Crippen LogP) is 11.0. The summed E-state index contributed by atoms with van der Waals surface area (Å²) in [6, 6.07) is -2.62. The number of ether oxygens (including phenoxy) is 2. The van der Waals surface area contributed by atoms with Crippen LogP contribution in [0.3, 0.4) is 0 Å². The SMILES string of the molecule is O=C(CCCCCCCCCCC(F)(F)C(F)(F)C(F)(F)C(F)(F)C(F)(F)C(F)(F)C(F)(F)C(F)(F)CCCNC(=O)[C@H](Cc1cnc[nH]1)NC(=O)CCC(F)(F)C(F)(F)C(F)(F)C(F)(F)C(F)(F)C(F)(F)C(F)(F)C(F)(F)F)NCCO[C@@H]1O[C@H](CO)[C@H](O)[C@H](O)[C@H]1O. The van der Waals surface area contributed by atoms with Gasteiger partial charge >= 0.3 is 95.0 Å². The maximum absolute atomic E-state index is 14.7. The van der Waals surface area contributed by atoms with Crippen molar-refractivity contribution < 1.29 is 189 Å². The fourth-order valence-electron chi connectivity index (χ4n) is 8.28. The lowest BCUT2D eigenvalue weighted by Gasteiger charge is -2.43. The first-order chi connectivity index (χ1) is 42.1. The number of carbonyl (C=O) groups is 3. The molecule has 2 rings (SSSR count). The van der Waals surface area contributed by atoms with Crippen LogP contribution in [0.2, 0.25) is 0 Å². The van der Waals surface area contributed by atoms with Gasteiger partial charge in [-0.2, -0.15) is 145 Å². The highest BCUT2D eigenvalue weighted by Crippen LogP contribution is 2.66. The minimum Gasteiger partial charge on any atom is -0.394 e. The number of imidazole rings is 1. The van der Waals surface area contributed by atoms with E-state index in [9.17, 15) is 180 Å². The zero-order valence-electron chi connectivity index (χ0n) is 46.8. The van der Waals surface area contributed by atoms with Gasteiger partial charge in [0.1, 0.15) is 30.5 Å². The molecule has 8 N–H and O–H groups in total. The van der Waals surface area contributed by atoms with Crippen LogP contribution in [0.15, 0.2) is 12.5 Å². The second-order valence-electron chi connectivity index (χ2n) is 21.0. The number of unbranched alkanes of at least 4 members (excludes halogenated alkanes) is 7. The van der Waals surface area contributed by atoms with Crippen molar-refractivity contribution in [3.05, 3.63) is 18.2 Å². The van der Waals surface area contributed by atoms with E-state index in [1.165, 1.54) is 10.6 Å². The highest BCUT2D eigenvalue weighted by atomic mass is 19.4. The normalized spacial score (nSPS) is 19.9. The van der Waals surface area contributed by atoms with E-state index in [2.05, 4.69) is 15.3 Å². The molecule has 2 heterocycles. The predicted molar refractivity (Wildman–Crippen MR) is 245 cm³/mol. The van der Waals surface area contributed by atoms with Crippen molar-refractivity contribution in [2.24, 2.45) is 0 Å². The van der Waals surface area contributed by atoms with Gasteiger partial charge < -0.3 is 50.8 Å². The maximum Gasteiger partial charge on any atom is 0.460 e. The number of aliphatic hydroxyl groups is 4. The van der Waals surface area contributed by atoms with Crippen LogP contribution in [0.4, 0.5) is 145 Å². The van der Waals surface area contributed by atoms with Crippen molar-refractivity contribution in [1.82, 2.24) is 25.9 Å². The lowest BCUT2D eigenvalue weighted by Crippen LogP contribution is -2.74. The quantitative estimate of drug-likeness (QED) is 0.0230. The average molecular weight is 1460 g/mol. The number of nitrogens with zero attached hydrogens (tertiary/aromatic N) is 1. The number of hydrogen-bond acceptors (Lipinski definition) is 10. The van der Waals surface area contributed by atoms with Crippen LogP contribution in [-0.2, 0) is 30.3 Å². The molecule has 0 unspecified atom stereocenters. The highest BCUT2D eigenvalue weighted by molar-refractivity contribution is 5.87. The summed E-state index contributed by atoms with van der Waals surface area (Å²) >= 11 is 0. The molecule has 1 aromatic heterocycles. The van der Waals surface area contributed by atoms with Gasteiger partial charge in [0.05, 0.1) is 19.5 Å². The van der Waals surface area contributed by atoms with E-state index in [1.807, 2.05) is 0 Å². The zero-order valence-corrected chi connectivity index (χ0v) is 46.8. The van der Waals surface area contributed by atoms with E-state index < -0.39 is 220 Å². The van der Waals surface area contributed by atoms with Crippen LogP contribution in [0, 0.1) is 0 Å². The minimum atomic E-state index is -9.02. The number of rotatable bonds is 40. The van der Waals surface area contributed by atoms with Crippen LogP contribution < -0.4 is 16.0 Å². The number of aromatic amines is 1. The largest absolute Gasteiger partial charge is 0.460 e. The van der Waals surface area contributed by atoms with Crippen LogP contribution in [0.5, 0.6) is 0 Å². The molecular formula is C47H54F33N5O9. The van der Waals surface area contributed by atoms with Crippen LogP contribution >= 0.6 is 0 Å². The summed E-state index contributed by atoms with van der Waals surface area (Å²) in [4.78, 5) is 42.6. The summed E-state index contributed by atoms with van der Waals surface area (Å²) in [7, 11) is 0. The molecule has 94 heavy (non-hydrogen) atoms. The number of alkyl halides is 33. The molecule has 3 amide bonds. The fourth-order valence-corrected chi connectivity index (χ4v) is 8.28. The van der Waals surface area contributed by atoms with E-state index in [-0.39, 0.29) is 45.3 Å². The molecule has 1 aliphatic rings. The maximum atomic E-state index is 14.7. The van der Waals surface area contributed by atoms with E-state index in [1.54, 1.807) is 0 Å². The summed E-state index contributed by atoms with van der Waals surface area (Å²) in [5, 5.41) is 43.5. The molecule has 1 aliphatic heterocycles.